The van der Waals surface area contributed by atoms with Crippen LogP contribution in [0.4, 0.5) is 0 Å². The first-order chi connectivity index (χ1) is 14.0. The summed E-state index contributed by atoms with van der Waals surface area (Å²) < 4.78 is 32.3. The molecule has 7 heteroatoms. The van der Waals surface area contributed by atoms with Crippen molar-refractivity contribution >= 4 is 15.9 Å². The van der Waals surface area contributed by atoms with Gasteiger partial charge in [-0.2, -0.15) is 0 Å². The first-order valence-corrected chi connectivity index (χ1v) is 11.6. The molecule has 1 heterocycles. The van der Waals surface area contributed by atoms with Crippen molar-refractivity contribution in [2.75, 3.05) is 19.7 Å². The topological polar surface area (TPSA) is 75.7 Å². The van der Waals surface area contributed by atoms with Crippen LogP contribution in [0.3, 0.4) is 0 Å². The van der Waals surface area contributed by atoms with Crippen LogP contribution in [0.2, 0.25) is 0 Å². The fraction of sp³-hybridized carbons (Fsp3) is 0.409. The number of nitrogens with zero attached hydrogens (tertiary/aromatic N) is 1. The summed E-state index contributed by atoms with van der Waals surface area (Å²) in [6.07, 6.45) is 1.08. The molecule has 2 aromatic rings. The Balaban J connectivity index is 1.48. The highest BCUT2D eigenvalue weighted by Crippen LogP contribution is 2.22. The number of carbonyl (C=O) groups excluding carboxylic acids is 1. The molecule has 156 valence electrons. The van der Waals surface area contributed by atoms with Gasteiger partial charge in [-0.15, -0.1) is 0 Å². The number of piperidine rings is 1. The number of sulfonamides is 1. The number of rotatable bonds is 8. The Kier molecular flexibility index (Phi) is 7.28. The zero-order valence-corrected chi connectivity index (χ0v) is 17.5. The number of carbonyl (C=O) groups is 1. The Bertz CT molecular complexity index is 907. The van der Waals surface area contributed by atoms with Crippen molar-refractivity contribution in [1.82, 2.24) is 9.62 Å². The highest BCUT2D eigenvalue weighted by Gasteiger charge is 2.31. The third-order valence-electron chi connectivity index (χ3n) is 5.09. The number of nitrogens with one attached hydrogen (secondary N) is 1. The fourth-order valence-electron chi connectivity index (χ4n) is 3.52. The summed E-state index contributed by atoms with van der Waals surface area (Å²) in [5.41, 5.74) is 1.76. The summed E-state index contributed by atoms with van der Waals surface area (Å²) >= 11 is 0. The van der Waals surface area contributed by atoms with Crippen LogP contribution >= 0.6 is 0 Å². The van der Waals surface area contributed by atoms with Crippen molar-refractivity contribution in [3.05, 3.63) is 65.7 Å². The van der Waals surface area contributed by atoms with Crippen LogP contribution in [0.15, 0.2) is 54.6 Å². The normalized spacial score (nSPS) is 15.8. The van der Waals surface area contributed by atoms with Crippen LogP contribution < -0.4 is 10.1 Å². The molecule has 1 saturated heterocycles. The molecule has 3 rings (SSSR count). The van der Waals surface area contributed by atoms with Gasteiger partial charge in [-0.3, -0.25) is 4.79 Å². The Morgan fingerprint density at radius 3 is 2.45 bits per heavy atom. The van der Waals surface area contributed by atoms with E-state index in [1.807, 2.05) is 61.5 Å². The average Bonchev–Trinajstić information content (AvgIpc) is 2.73. The van der Waals surface area contributed by atoms with E-state index >= 15 is 0 Å². The van der Waals surface area contributed by atoms with Crippen molar-refractivity contribution in [1.29, 1.82) is 0 Å². The summed E-state index contributed by atoms with van der Waals surface area (Å²) in [4.78, 5) is 12.5. The lowest BCUT2D eigenvalue weighted by molar-refractivity contribution is -0.126. The standard InChI is InChI=1S/C22H28N2O4S/c1-2-28-21-10-6-9-19(15-21)16-23-22(25)20-11-13-24(14-12-20)29(26,27)17-18-7-4-3-5-8-18/h3-10,15,20H,2,11-14,16-17H2,1H3,(H,23,25). The lowest BCUT2D eigenvalue weighted by Gasteiger charge is -2.30. The van der Waals surface area contributed by atoms with E-state index in [4.69, 9.17) is 4.74 Å². The highest BCUT2D eigenvalue weighted by molar-refractivity contribution is 7.88. The molecule has 1 aliphatic rings. The fourth-order valence-corrected chi connectivity index (χ4v) is 5.08. The molecule has 2 aromatic carbocycles. The second kappa shape index (κ2) is 9.89. The molecule has 0 unspecified atom stereocenters. The number of benzene rings is 2. The van der Waals surface area contributed by atoms with Gasteiger partial charge in [-0.1, -0.05) is 42.5 Å². The van der Waals surface area contributed by atoms with Gasteiger partial charge in [0, 0.05) is 25.6 Å². The Labute approximate surface area is 172 Å². The Morgan fingerprint density at radius 2 is 1.76 bits per heavy atom. The van der Waals surface area contributed by atoms with Gasteiger partial charge in [-0.25, -0.2) is 12.7 Å². The lowest BCUT2D eigenvalue weighted by atomic mass is 9.97. The van der Waals surface area contributed by atoms with Crippen molar-refractivity contribution in [3.63, 3.8) is 0 Å². The molecule has 0 atom stereocenters. The quantitative estimate of drug-likeness (QED) is 0.718. The second-order valence-electron chi connectivity index (χ2n) is 7.21. The van der Waals surface area contributed by atoms with Crippen LogP contribution in [0.25, 0.3) is 0 Å². The van der Waals surface area contributed by atoms with Gasteiger partial charge in [0.2, 0.25) is 15.9 Å². The average molecular weight is 417 g/mol. The summed E-state index contributed by atoms with van der Waals surface area (Å²) in [7, 11) is -3.36. The molecule has 1 N–H and O–H groups in total. The predicted octanol–water partition coefficient (Wildman–Crippen LogP) is 2.94. The van der Waals surface area contributed by atoms with Gasteiger partial charge in [0.1, 0.15) is 5.75 Å². The smallest absolute Gasteiger partial charge is 0.223 e. The number of hydrogen-bond donors (Lipinski definition) is 1. The maximum Gasteiger partial charge on any atom is 0.223 e. The SMILES string of the molecule is CCOc1cccc(CNC(=O)C2CCN(S(=O)(=O)Cc3ccccc3)CC2)c1. The van der Waals surface area contributed by atoms with Crippen LogP contribution in [-0.2, 0) is 27.1 Å². The van der Waals surface area contributed by atoms with Crippen LogP contribution in [0.1, 0.15) is 30.9 Å². The van der Waals surface area contributed by atoms with Crippen molar-refractivity contribution in [2.45, 2.75) is 32.1 Å². The van der Waals surface area contributed by atoms with E-state index in [0.717, 1.165) is 16.9 Å². The van der Waals surface area contributed by atoms with Gasteiger partial charge < -0.3 is 10.1 Å². The van der Waals surface area contributed by atoms with Crippen molar-refractivity contribution in [3.8, 4) is 5.75 Å². The maximum atomic E-state index is 12.6. The Hall–Kier alpha value is -2.38. The number of hydrogen-bond acceptors (Lipinski definition) is 4. The van der Waals surface area contributed by atoms with E-state index in [9.17, 15) is 13.2 Å². The molecule has 1 aliphatic heterocycles. The van der Waals surface area contributed by atoms with E-state index in [2.05, 4.69) is 5.32 Å². The minimum atomic E-state index is -3.36. The van der Waals surface area contributed by atoms with Crippen LogP contribution in [-0.4, -0.2) is 38.3 Å². The minimum Gasteiger partial charge on any atom is -0.494 e. The minimum absolute atomic E-state index is 0.000868. The molecular weight excluding hydrogens is 388 g/mol. The van der Waals surface area contributed by atoms with Gasteiger partial charge in [0.25, 0.3) is 0 Å². The first kappa shape index (κ1) is 21.3. The second-order valence-corrected chi connectivity index (χ2v) is 9.18. The third-order valence-corrected chi connectivity index (χ3v) is 6.94. The van der Waals surface area contributed by atoms with E-state index < -0.39 is 10.0 Å². The molecule has 6 nitrogen and oxygen atoms in total. The molecule has 29 heavy (non-hydrogen) atoms. The molecule has 0 aliphatic carbocycles. The van der Waals surface area contributed by atoms with Gasteiger partial charge in [-0.05, 0) is 43.0 Å². The van der Waals surface area contributed by atoms with Crippen LogP contribution in [0, 0.1) is 5.92 Å². The Morgan fingerprint density at radius 1 is 1.07 bits per heavy atom. The molecule has 0 spiro atoms. The predicted molar refractivity (Wildman–Crippen MR) is 113 cm³/mol. The third kappa shape index (κ3) is 6.05. The summed E-state index contributed by atoms with van der Waals surface area (Å²) in [5.74, 6) is 0.609. The molecule has 1 amide bonds. The van der Waals surface area contributed by atoms with Crippen molar-refractivity contribution < 1.29 is 17.9 Å². The van der Waals surface area contributed by atoms with Gasteiger partial charge in [0.05, 0.1) is 12.4 Å². The molecular formula is C22H28N2O4S. The van der Waals surface area contributed by atoms with Gasteiger partial charge >= 0.3 is 0 Å². The molecule has 0 bridgehead atoms. The largest absolute Gasteiger partial charge is 0.494 e. The molecule has 0 aromatic heterocycles. The monoisotopic (exact) mass is 416 g/mol. The lowest BCUT2D eigenvalue weighted by Crippen LogP contribution is -2.43. The zero-order chi connectivity index (χ0) is 20.7. The molecule has 1 fully saturated rings. The van der Waals surface area contributed by atoms with E-state index in [0.29, 0.717) is 39.1 Å². The summed E-state index contributed by atoms with van der Waals surface area (Å²) in [5, 5.41) is 2.97. The maximum absolute atomic E-state index is 12.6. The highest BCUT2D eigenvalue weighted by atomic mass is 32.2. The summed E-state index contributed by atoms with van der Waals surface area (Å²) in [6.45, 7) is 3.73. The zero-order valence-electron chi connectivity index (χ0n) is 16.7. The van der Waals surface area contributed by atoms with Crippen LogP contribution in [0.5, 0.6) is 5.75 Å². The van der Waals surface area contributed by atoms with E-state index in [-0.39, 0.29) is 17.6 Å². The van der Waals surface area contributed by atoms with E-state index in [1.54, 1.807) is 0 Å². The molecule has 0 radical (unpaired) electrons. The number of ether oxygens (including phenoxy) is 1. The number of amides is 1. The molecule has 0 saturated carbocycles. The van der Waals surface area contributed by atoms with E-state index in [1.165, 1.54) is 4.31 Å². The first-order valence-electron chi connectivity index (χ1n) is 9.99. The van der Waals surface area contributed by atoms with Gasteiger partial charge in [0.15, 0.2) is 0 Å². The summed E-state index contributed by atoms with van der Waals surface area (Å²) in [6, 6.07) is 16.8. The van der Waals surface area contributed by atoms with Crippen molar-refractivity contribution in [2.24, 2.45) is 5.92 Å².